The summed E-state index contributed by atoms with van der Waals surface area (Å²) in [4.78, 5) is 4.05. The molecule has 3 rings (SSSR count). The quantitative estimate of drug-likeness (QED) is 0.877. The zero-order valence-corrected chi connectivity index (χ0v) is 11.8. The van der Waals surface area contributed by atoms with Gasteiger partial charge in [-0.3, -0.25) is 4.98 Å². The minimum absolute atomic E-state index is 0.598. The number of nitrogens with two attached hydrogens (primary N) is 1. The van der Waals surface area contributed by atoms with Gasteiger partial charge < -0.3 is 11.1 Å². The summed E-state index contributed by atoms with van der Waals surface area (Å²) in [5.41, 5.74) is 8.10. The number of nitrogens with one attached hydrogen (secondary N) is 1. The second kappa shape index (κ2) is 5.17. The summed E-state index contributed by atoms with van der Waals surface area (Å²) in [5, 5.41) is 4.68. The maximum absolute atomic E-state index is 6.00. The van der Waals surface area contributed by atoms with Crippen LogP contribution in [-0.2, 0) is 0 Å². The molecule has 0 saturated heterocycles. The largest absolute Gasteiger partial charge is 0.382 e. The van der Waals surface area contributed by atoms with Gasteiger partial charge in [0.2, 0.25) is 0 Å². The molecule has 2 unspecified atom stereocenters. The number of nitrogens with zero attached hydrogens (tertiary/aromatic N) is 2. The lowest BCUT2D eigenvalue weighted by Crippen LogP contribution is -2.04. The van der Waals surface area contributed by atoms with Crippen molar-refractivity contribution in [3.05, 3.63) is 24.5 Å². The Morgan fingerprint density at radius 2 is 2.21 bits per heavy atom. The van der Waals surface area contributed by atoms with Gasteiger partial charge in [0.1, 0.15) is 10.8 Å². The Morgan fingerprint density at radius 1 is 1.42 bits per heavy atom. The fourth-order valence-electron chi connectivity index (χ4n) is 2.48. The Hall–Kier alpha value is -1.62. The van der Waals surface area contributed by atoms with Gasteiger partial charge in [-0.2, -0.15) is 4.37 Å². The standard InChI is InChI=1S/C14H18N4S/c1-2-3-10-8-11(10)17-14-12(13(15)18-19-14)9-4-6-16-7-5-9/h4-7,10-11,17H,2-3,8H2,1H3,(H2,15,18). The van der Waals surface area contributed by atoms with Crippen LogP contribution in [0.1, 0.15) is 26.2 Å². The molecule has 1 saturated carbocycles. The minimum atomic E-state index is 0.598. The number of anilines is 2. The fraction of sp³-hybridized carbons (Fsp3) is 0.429. The summed E-state index contributed by atoms with van der Waals surface area (Å²) in [6.07, 6.45) is 7.39. The van der Waals surface area contributed by atoms with Crippen molar-refractivity contribution in [3.63, 3.8) is 0 Å². The van der Waals surface area contributed by atoms with Crippen molar-refractivity contribution in [3.8, 4) is 11.1 Å². The van der Waals surface area contributed by atoms with Gasteiger partial charge in [-0.1, -0.05) is 13.3 Å². The molecular formula is C14H18N4S. The summed E-state index contributed by atoms with van der Waals surface area (Å²) in [5.74, 6) is 1.42. The monoisotopic (exact) mass is 274 g/mol. The highest BCUT2D eigenvalue weighted by atomic mass is 32.1. The van der Waals surface area contributed by atoms with E-state index < -0.39 is 0 Å². The fourth-order valence-corrected chi connectivity index (χ4v) is 3.28. The molecule has 0 spiro atoms. The van der Waals surface area contributed by atoms with Crippen molar-refractivity contribution < 1.29 is 0 Å². The van der Waals surface area contributed by atoms with Crippen molar-refractivity contribution in [2.45, 2.75) is 32.2 Å². The van der Waals surface area contributed by atoms with Crippen molar-refractivity contribution in [1.82, 2.24) is 9.36 Å². The molecule has 19 heavy (non-hydrogen) atoms. The predicted octanol–water partition coefficient (Wildman–Crippen LogP) is 3.39. The Labute approximate surface area is 117 Å². The van der Waals surface area contributed by atoms with Gasteiger partial charge in [-0.05, 0) is 48.0 Å². The van der Waals surface area contributed by atoms with Crippen LogP contribution in [0, 0.1) is 5.92 Å². The van der Waals surface area contributed by atoms with E-state index in [9.17, 15) is 0 Å². The van der Waals surface area contributed by atoms with Gasteiger partial charge in [0.25, 0.3) is 0 Å². The molecule has 0 aliphatic heterocycles. The number of hydrogen-bond donors (Lipinski definition) is 2. The van der Waals surface area contributed by atoms with E-state index in [2.05, 4.69) is 21.6 Å². The molecule has 0 aromatic carbocycles. The smallest absolute Gasteiger partial charge is 0.147 e. The third kappa shape index (κ3) is 2.56. The number of hydrogen-bond acceptors (Lipinski definition) is 5. The summed E-state index contributed by atoms with van der Waals surface area (Å²) in [6.45, 7) is 2.24. The number of rotatable bonds is 5. The first kappa shape index (κ1) is 12.4. The van der Waals surface area contributed by atoms with E-state index in [0.29, 0.717) is 11.9 Å². The first-order valence-corrected chi connectivity index (χ1v) is 7.49. The molecular weight excluding hydrogens is 256 g/mol. The summed E-state index contributed by atoms with van der Waals surface area (Å²) < 4.78 is 4.28. The average molecular weight is 274 g/mol. The molecule has 0 radical (unpaired) electrons. The van der Waals surface area contributed by atoms with E-state index in [-0.39, 0.29) is 0 Å². The third-order valence-corrected chi connectivity index (χ3v) is 4.38. The van der Waals surface area contributed by atoms with Crippen LogP contribution >= 0.6 is 11.5 Å². The van der Waals surface area contributed by atoms with Crippen LogP contribution in [0.15, 0.2) is 24.5 Å². The average Bonchev–Trinajstić information content (AvgIpc) is 3.04. The third-order valence-electron chi connectivity index (χ3n) is 3.59. The SMILES string of the molecule is CCCC1CC1Nc1snc(N)c1-c1ccncc1. The van der Waals surface area contributed by atoms with E-state index in [4.69, 9.17) is 5.73 Å². The molecule has 4 nitrogen and oxygen atoms in total. The molecule has 2 atom stereocenters. The number of aromatic nitrogens is 2. The first-order valence-electron chi connectivity index (χ1n) is 6.71. The molecule has 1 fully saturated rings. The number of pyridine rings is 1. The first-order chi connectivity index (χ1) is 9.29. The van der Waals surface area contributed by atoms with E-state index in [1.807, 2.05) is 12.1 Å². The normalized spacial score (nSPS) is 21.3. The Bertz CT molecular complexity index is 552. The summed E-state index contributed by atoms with van der Waals surface area (Å²) in [6, 6.07) is 4.55. The van der Waals surface area contributed by atoms with Crippen molar-refractivity contribution in [2.24, 2.45) is 5.92 Å². The van der Waals surface area contributed by atoms with Crippen LogP contribution < -0.4 is 11.1 Å². The molecule has 100 valence electrons. The predicted molar refractivity (Wildman–Crippen MR) is 80.2 cm³/mol. The van der Waals surface area contributed by atoms with Crippen LogP contribution in [0.25, 0.3) is 11.1 Å². The van der Waals surface area contributed by atoms with Gasteiger partial charge in [-0.25, -0.2) is 0 Å². The Morgan fingerprint density at radius 3 is 2.95 bits per heavy atom. The van der Waals surface area contributed by atoms with Crippen LogP contribution in [0.5, 0.6) is 0 Å². The van der Waals surface area contributed by atoms with Crippen LogP contribution in [0.3, 0.4) is 0 Å². The second-order valence-electron chi connectivity index (χ2n) is 5.04. The lowest BCUT2D eigenvalue weighted by molar-refractivity contribution is 0.693. The number of nitrogen functional groups attached to an aromatic ring is 1. The van der Waals surface area contributed by atoms with Crippen LogP contribution in [0.2, 0.25) is 0 Å². The lowest BCUT2D eigenvalue weighted by atomic mass is 10.1. The Kier molecular flexibility index (Phi) is 3.38. The summed E-state index contributed by atoms with van der Waals surface area (Å²) >= 11 is 1.45. The van der Waals surface area contributed by atoms with Crippen molar-refractivity contribution in [2.75, 3.05) is 11.1 Å². The molecule has 3 N–H and O–H groups in total. The van der Waals surface area contributed by atoms with E-state index in [1.54, 1.807) is 12.4 Å². The zero-order chi connectivity index (χ0) is 13.2. The Balaban J connectivity index is 1.80. The van der Waals surface area contributed by atoms with Crippen LogP contribution in [0.4, 0.5) is 10.8 Å². The second-order valence-corrected chi connectivity index (χ2v) is 5.82. The van der Waals surface area contributed by atoms with Gasteiger partial charge in [0.15, 0.2) is 0 Å². The molecule has 5 heteroatoms. The highest BCUT2D eigenvalue weighted by Crippen LogP contribution is 2.42. The summed E-state index contributed by atoms with van der Waals surface area (Å²) in [7, 11) is 0. The van der Waals surface area contributed by atoms with E-state index in [0.717, 1.165) is 22.0 Å². The maximum atomic E-state index is 6.00. The van der Waals surface area contributed by atoms with Crippen molar-refractivity contribution in [1.29, 1.82) is 0 Å². The molecule has 2 aromatic rings. The minimum Gasteiger partial charge on any atom is -0.382 e. The van der Waals surface area contributed by atoms with Crippen molar-refractivity contribution >= 4 is 22.4 Å². The van der Waals surface area contributed by atoms with Gasteiger partial charge in [-0.15, -0.1) is 0 Å². The highest BCUT2D eigenvalue weighted by Gasteiger charge is 2.36. The molecule has 1 aliphatic rings. The van der Waals surface area contributed by atoms with Gasteiger partial charge >= 0.3 is 0 Å². The maximum Gasteiger partial charge on any atom is 0.147 e. The zero-order valence-electron chi connectivity index (χ0n) is 11.0. The molecule has 0 amide bonds. The van der Waals surface area contributed by atoms with E-state index in [1.165, 1.54) is 30.8 Å². The molecule has 0 bridgehead atoms. The van der Waals surface area contributed by atoms with Gasteiger partial charge in [0.05, 0.1) is 5.56 Å². The van der Waals surface area contributed by atoms with Gasteiger partial charge in [0, 0.05) is 18.4 Å². The van der Waals surface area contributed by atoms with E-state index >= 15 is 0 Å². The highest BCUT2D eigenvalue weighted by molar-refractivity contribution is 7.11. The lowest BCUT2D eigenvalue weighted by Gasteiger charge is -2.06. The molecule has 1 aliphatic carbocycles. The van der Waals surface area contributed by atoms with Crippen LogP contribution in [-0.4, -0.2) is 15.4 Å². The molecule has 2 aromatic heterocycles. The molecule has 2 heterocycles. The topological polar surface area (TPSA) is 63.8 Å².